The van der Waals surface area contributed by atoms with E-state index in [-0.39, 0.29) is 24.6 Å². The maximum Gasteiger partial charge on any atom is 0.151 e. The Bertz CT molecular complexity index is 663. The second kappa shape index (κ2) is 9.27. The van der Waals surface area contributed by atoms with Crippen LogP contribution >= 0.6 is 51.5 Å². The number of benzene rings is 2. The fraction of sp³-hybridized carbons (Fsp3) is 0.294. The highest BCUT2D eigenvalue weighted by Gasteiger charge is 2.28. The first kappa shape index (κ1) is 19.8. The Balaban J connectivity index is 0.00000208. The van der Waals surface area contributed by atoms with Crippen molar-refractivity contribution in [3.63, 3.8) is 0 Å². The molecule has 0 amide bonds. The summed E-state index contributed by atoms with van der Waals surface area (Å²) in [7, 11) is 0. The Kier molecular flexibility index (Phi) is 7.66. The molecular weight excluding hydrogens is 436 g/mol. The molecule has 1 saturated heterocycles. The van der Waals surface area contributed by atoms with Crippen LogP contribution in [-0.4, -0.2) is 25.8 Å². The van der Waals surface area contributed by atoms with Crippen LogP contribution < -0.4 is 10.1 Å². The molecule has 2 atom stereocenters. The molecule has 3 nitrogen and oxygen atoms in total. The average Bonchev–Trinajstić information content (AvgIpc) is 2.56. The van der Waals surface area contributed by atoms with E-state index in [0.29, 0.717) is 16.7 Å². The van der Waals surface area contributed by atoms with E-state index in [1.54, 1.807) is 6.07 Å². The Morgan fingerprint density at radius 1 is 1.12 bits per heavy atom. The fourth-order valence-electron chi connectivity index (χ4n) is 2.50. The van der Waals surface area contributed by atoms with Crippen molar-refractivity contribution in [2.75, 3.05) is 19.7 Å². The first-order valence-corrected chi connectivity index (χ1v) is 8.88. The predicted molar refractivity (Wildman–Crippen MR) is 104 cm³/mol. The van der Waals surface area contributed by atoms with Crippen LogP contribution in [0.2, 0.25) is 10.0 Å². The van der Waals surface area contributed by atoms with E-state index < -0.39 is 0 Å². The molecule has 24 heavy (non-hydrogen) atoms. The summed E-state index contributed by atoms with van der Waals surface area (Å²) in [5.74, 6) is 0.725. The lowest BCUT2D eigenvalue weighted by atomic mass is 10.0. The van der Waals surface area contributed by atoms with Gasteiger partial charge in [-0.05, 0) is 51.8 Å². The van der Waals surface area contributed by atoms with Gasteiger partial charge < -0.3 is 14.8 Å². The van der Waals surface area contributed by atoms with E-state index in [0.717, 1.165) is 28.9 Å². The van der Waals surface area contributed by atoms with E-state index >= 15 is 0 Å². The molecular formula is C17H17BrCl3NO2. The lowest BCUT2D eigenvalue weighted by Crippen LogP contribution is -2.43. The zero-order valence-electron chi connectivity index (χ0n) is 12.7. The van der Waals surface area contributed by atoms with Crippen LogP contribution in [0.1, 0.15) is 11.7 Å². The standard InChI is InChI=1S/C17H16BrCl2NO2.ClH/c18-14-9-13(20)5-6-15(14)23-17(16-10-21-7-8-22-16)11-1-3-12(19)4-2-11;/h1-6,9,16-17,21H,7-8,10H2;1H/t16-,17?;/m0./s1. The minimum absolute atomic E-state index is 0. The topological polar surface area (TPSA) is 30.5 Å². The van der Waals surface area contributed by atoms with Gasteiger partial charge in [0.15, 0.2) is 6.10 Å². The molecule has 1 fully saturated rings. The van der Waals surface area contributed by atoms with Gasteiger partial charge in [0.25, 0.3) is 0 Å². The van der Waals surface area contributed by atoms with Gasteiger partial charge in [-0.1, -0.05) is 35.3 Å². The number of morpholine rings is 1. The van der Waals surface area contributed by atoms with Crippen molar-refractivity contribution in [3.8, 4) is 5.75 Å². The summed E-state index contributed by atoms with van der Waals surface area (Å²) in [6, 6.07) is 13.1. The lowest BCUT2D eigenvalue weighted by molar-refractivity contribution is -0.0434. The van der Waals surface area contributed by atoms with Crippen LogP contribution in [0.4, 0.5) is 0 Å². The molecule has 7 heteroatoms. The molecule has 3 rings (SSSR count). The zero-order valence-corrected chi connectivity index (χ0v) is 16.6. The summed E-state index contributed by atoms with van der Waals surface area (Å²) >= 11 is 15.5. The number of hydrogen-bond donors (Lipinski definition) is 1. The van der Waals surface area contributed by atoms with Gasteiger partial charge in [-0.25, -0.2) is 0 Å². The van der Waals surface area contributed by atoms with Crippen molar-refractivity contribution >= 4 is 51.5 Å². The molecule has 2 aromatic carbocycles. The monoisotopic (exact) mass is 451 g/mol. The molecule has 1 N–H and O–H groups in total. The summed E-state index contributed by atoms with van der Waals surface area (Å²) < 4.78 is 13.0. The van der Waals surface area contributed by atoms with Crippen molar-refractivity contribution in [3.05, 3.63) is 62.5 Å². The van der Waals surface area contributed by atoms with Crippen molar-refractivity contribution < 1.29 is 9.47 Å². The third-order valence-electron chi connectivity index (χ3n) is 3.64. The van der Waals surface area contributed by atoms with Crippen LogP contribution in [-0.2, 0) is 4.74 Å². The maximum atomic E-state index is 6.25. The first-order valence-electron chi connectivity index (χ1n) is 7.33. The Labute approximate surface area is 166 Å². The van der Waals surface area contributed by atoms with Gasteiger partial charge in [-0.15, -0.1) is 12.4 Å². The fourth-order valence-corrected chi connectivity index (χ4v) is 3.40. The maximum absolute atomic E-state index is 6.25. The average molecular weight is 454 g/mol. The number of hydrogen-bond acceptors (Lipinski definition) is 3. The van der Waals surface area contributed by atoms with Gasteiger partial charge in [0.1, 0.15) is 11.9 Å². The predicted octanol–water partition coefficient (Wildman–Crippen LogP) is 5.29. The van der Waals surface area contributed by atoms with Crippen LogP contribution in [0.15, 0.2) is 46.9 Å². The first-order chi connectivity index (χ1) is 11.1. The van der Waals surface area contributed by atoms with E-state index in [2.05, 4.69) is 21.2 Å². The third kappa shape index (κ3) is 5.01. The smallest absolute Gasteiger partial charge is 0.151 e. The summed E-state index contributed by atoms with van der Waals surface area (Å²) in [6.07, 6.45) is -0.315. The minimum Gasteiger partial charge on any atom is -0.482 e. The highest BCUT2D eigenvalue weighted by Crippen LogP contribution is 2.34. The largest absolute Gasteiger partial charge is 0.482 e. The van der Waals surface area contributed by atoms with Gasteiger partial charge in [0.05, 0.1) is 11.1 Å². The van der Waals surface area contributed by atoms with E-state index in [1.807, 2.05) is 36.4 Å². The minimum atomic E-state index is -0.238. The summed E-state index contributed by atoms with van der Waals surface area (Å²) in [4.78, 5) is 0. The second-order valence-electron chi connectivity index (χ2n) is 5.28. The van der Waals surface area contributed by atoms with Crippen molar-refractivity contribution in [1.29, 1.82) is 0 Å². The zero-order chi connectivity index (χ0) is 16.2. The van der Waals surface area contributed by atoms with Crippen molar-refractivity contribution in [2.45, 2.75) is 12.2 Å². The molecule has 2 aromatic rings. The number of ether oxygens (including phenoxy) is 2. The second-order valence-corrected chi connectivity index (χ2v) is 7.01. The van der Waals surface area contributed by atoms with Crippen molar-refractivity contribution in [2.24, 2.45) is 0 Å². The molecule has 0 saturated carbocycles. The van der Waals surface area contributed by atoms with Crippen LogP contribution in [0.5, 0.6) is 5.75 Å². The summed E-state index contributed by atoms with van der Waals surface area (Å²) in [5, 5.41) is 4.69. The molecule has 1 unspecified atom stereocenters. The van der Waals surface area contributed by atoms with E-state index in [4.69, 9.17) is 32.7 Å². The highest BCUT2D eigenvalue weighted by atomic mass is 79.9. The molecule has 0 spiro atoms. The van der Waals surface area contributed by atoms with Crippen LogP contribution in [0.25, 0.3) is 0 Å². The lowest BCUT2D eigenvalue weighted by Gasteiger charge is -2.32. The normalized spacial score (nSPS) is 18.5. The molecule has 1 aliphatic rings. The number of halogens is 4. The number of rotatable bonds is 4. The molecule has 1 heterocycles. The quantitative estimate of drug-likeness (QED) is 0.683. The van der Waals surface area contributed by atoms with Gasteiger partial charge in [-0.3, -0.25) is 0 Å². The van der Waals surface area contributed by atoms with E-state index in [1.165, 1.54) is 0 Å². The Morgan fingerprint density at radius 3 is 2.46 bits per heavy atom. The SMILES string of the molecule is Cl.Clc1ccc(C(Oc2ccc(Cl)cc2Br)[C@@H]2CNCCO2)cc1. The van der Waals surface area contributed by atoms with Gasteiger partial charge in [0, 0.05) is 23.1 Å². The third-order valence-corrected chi connectivity index (χ3v) is 4.75. The van der Waals surface area contributed by atoms with Gasteiger partial charge >= 0.3 is 0 Å². The molecule has 0 aliphatic carbocycles. The van der Waals surface area contributed by atoms with Crippen molar-refractivity contribution in [1.82, 2.24) is 5.32 Å². The van der Waals surface area contributed by atoms with Crippen LogP contribution in [0.3, 0.4) is 0 Å². The van der Waals surface area contributed by atoms with Gasteiger partial charge in [-0.2, -0.15) is 0 Å². The Morgan fingerprint density at radius 2 is 1.83 bits per heavy atom. The van der Waals surface area contributed by atoms with Crippen LogP contribution in [0, 0.1) is 0 Å². The molecule has 0 bridgehead atoms. The molecule has 1 aliphatic heterocycles. The molecule has 130 valence electrons. The molecule has 0 aromatic heterocycles. The Hall–Kier alpha value is -0.490. The number of nitrogens with one attached hydrogen (secondary N) is 1. The summed E-state index contributed by atoms with van der Waals surface area (Å²) in [6.45, 7) is 2.26. The summed E-state index contributed by atoms with van der Waals surface area (Å²) in [5.41, 5.74) is 1.02. The highest BCUT2D eigenvalue weighted by molar-refractivity contribution is 9.10. The van der Waals surface area contributed by atoms with E-state index in [9.17, 15) is 0 Å². The van der Waals surface area contributed by atoms with Gasteiger partial charge in [0.2, 0.25) is 0 Å². The molecule has 0 radical (unpaired) electrons.